The van der Waals surface area contributed by atoms with Crippen molar-refractivity contribution in [2.45, 2.75) is 19.1 Å². The Hall–Kier alpha value is 1.34. The molecule has 3 atom stereocenters. The van der Waals surface area contributed by atoms with E-state index in [9.17, 15) is 5.11 Å². The van der Waals surface area contributed by atoms with Crippen LogP contribution in [0.15, 0.2) is 0 Å². The number of likely N-dealkylation sites (tertiary alicyclic amines) is 1. The predicted molar refractivity (Wildman–Crippen MR) is 70.7 cm³/mol. The molecule has 78 valence electrons. The minimum absolute atomic E-state index is 0.300. The first-order valence-corrected chi connectivity index (χ1v) is 7.12. The summed E-state index contributed by atoms with van der Waals surface area (Å²) in [5.41, 5.74) is 5.52. The summed E-state index contributed by atoms with van der Waals surface area (Å²) in [5, 5.41) is 9.34. The van der Waals surface area contributed by atoms with Gasteiger partial charge in [0.05, 0.1) is 19.6 Å². The lowest BCUT2D eigenvalue weighted by Crippen LogP contribution is -2.51. The van der Waals surface area contributed by atoms with Crippen molar-refractivity contribution in [2.75, 3.05) is 24.1 Å². The molecule has 0 amide bonds. The molecule has 1 rings (SSSR count). The minimum Gasteiger partial charge on any atom is -0.378 e. The molecule has 0 aromatic carbocycles. The Bertz CT molecular complexity index is 164. The van der Waals surface area contributed by atoms with Crippen LogP contribution in [0.5, 0.6) is 0 Å². The van der Waals surface area contributed by atoms with Crippen molar-refractivity contribution in [3.05, 3.63) is 0 Å². The summed E-state index contributed by atoms with van der Waals surface area (Å²) in [7, 11) is 0. The number of hydrogen-bond acceptors (Lipinski definition) is 2. The van der Waals surface area contributed by atoms with Gasteiger partial charge in [0.15, 0.2) is 0 Å². The molecule has 0 aromatic rings. The van der Waals surface area contributed by atoms with E-state index >= 15 is 0 Å². The van der Waals surface area contributed by atoms with Crippen LogP contribution in [0.25, 0.3) is 0 Å². The Kier molecular flexibility index (Phi) is 5.18. The van der Waals surface area contributed by atoms with E-state index in [2.05, 4.69) is 45.5 Å². The highest BCUT2D eigenvalue weighted by atomic mass is 127. The van der Waals surface area contributed by atoms with Gasteiger partial charge in [0.2, 0.25) is 22.9 Å². The van der Waals surface area contributed by atoms with Crippen molar-refractivity contribution in [1.29, 1.82) is 0 Å². The highest BCUT2D eigenvalue weighted by Crippen LogP contribution is 2.29. The molecule has 0 saturated carbocycles. The number of piperidine rings is 1. The number of aliphatic hydroxyl groups excluding tert-OH is 1. The third-order valence-corrected chi connectivity index (χ3v) is 4.50. The van der Waals surface area contributed by atoms with Gasteiger partial charge in [0.1, 0.15) is 6.23 Å². The largest absolute Gasteiger partial charge is 0.378 e. The topological polar surface area (TPSA) is 46.2 Å². The molecule has 1 aliphatic heterocycles. The fourth-order valence-electron chi connectivity index (χ4n) is 1.87. The van der Waals surface area contributed by atoms with E-state index in [4.69, 9.17) is 5.73 Å². The van der Waals surface area contributed by atoms with Crippen molar-refractivity contribution in [3.8, 4) is 0 Å². The predicted octanol–water partition coefficient (Wildman–Crippen LogP) is 1.28. The zero-order valence-corrected chi connectivity index (χ0v) is 11.9. The van der Waals surface area contributed by atoms with Crippen LogP contribution in [-0.4, -0.2) is 38.1 Å². The van der Waals surface area contributed by atoms with E-state index in [1.54, 1.807) is 0 Å². The molecule has 0 spiro atoms. The Labute approximate surface area is 107 Å². The first-order valence-electron chi connectivity index (χ1n) is 4.63. The summed E-state index contributed by atoms with van der Waals surface area (Å²) in [6.45, 7) is 3.44. The molecule has 1 fully saturated rings. The Balaban J connectivity index is 2.49. The fourth-order valence-corrected chi connectivity index (χ4v) is 4.81. The lowest BCUT2D eigenvalue weighted by Gasteiger charge is -2.38. The SMILES string of the molecule is NC(O)C1CCC[N+](I)(CCI)C1. The second-order valence-electron chi connectivity index (χ2n) is 3.74. The van der Waals surface area contributed by atoms with Gasteiger partial charge >= 0.3 is 0 Å². The van der Waals surface area contributed by atoms with Gasteiger partial charge in [-0.2, -0.15) is 0 Å². The van der Waals surface area contributed by atoms with Crippen LogP contribution in [0.1, 0.15) is 12.8 Å². The smallest absolute Gasteiger partial charge is 0.248 e. The van der Waals surface area contributed by atoms with Gasteiger partial charge < -0.3 is 10.8 Å². The van der Waals surface area contributed by atoms with Crippen LogP contribution in [0.4, 0.5) is 0 Å². The van der Waals surface area contributed by atoms with Crippen molar-refractivity contribution in [2.24, 2.45) is 11.7 Å². The standard InChI is InChI=1S/C8H17I2N2O/c9-3-5-12(10)4-1-2-7(6-12)8(11)13/h7-8,13H,1-6,11H2/q+1. The van der Waals surface area contributed by atoms with Gasteiger partial charge in [0, 0.05) is 10.3 Å². The number of aliphatic hydroxyl groups is 1. The molecule has 3 nitrogen and oxygen atoms in total. The third kappa shape index (κ3) is 3.77. The van der Waals surface area contributed by atoms with Gasteiger partial charge in [-0.1, -0.05) is 22.6 Å². The molecule has 3 unspecified atom stereocenters. The summed E-state index contributed by atoms with van der Waals surface area (Å²) < 4.78 is 2.23. The molecular weight excluding hydrogens is 394 g/mol. The van der Waals surface area contributed by atoms with Crippen LogP contribution >= 0.6 is 45.5 Å². The Morgan fingerprint density at radius 1 is 1.62 bits per heavy atom. The summed E-state index contributed by atoms with van der Waals surface area (Å²) in [6.07, 6.45) is 1.65. The molecule has 1 heterocycles. The van der Waals surface area contributed by atoms with Crippen LogP contribution in [0.2, 0.25) is 0 Å². The minimum atomic E-state index is -0.623. The summed E-state index contributed by atoms with van der Waals surface area (Å²) >= 11 is 4.91. The van der Waals surface area contributed by atoms with E-state index in [1.165, 1.54) is 23.9 Å². The zero-order chi connectivity index (χ0) is 9.90. The van der Waals surface area contributed by atoms with Crippen LogP contribution < -0.4 is 5.73 Å². The molecule has 5 heteroatoms. The normalized spacial score (nSPS) is 37.4. The number of nitrogens with zero attached hydrogens (tertiary/aromatic N) is 1. The van der Waals surface area contributed by atoms with E-state index in [1.807, 2.05) is 0 Å². The number of alkyl halides is 1. The third-order valence-electron chi connectivity index (χ3n) is 2.66. The van der Waals surface area contributed by atoms with Gasteiger partial charge in [-0.05, 0) is 12.8 Å². The highest BCUT2D eigenvalue weighted by Gasteiger charge is 2.35. The zero-order valence-electron chi connectivity index (χ0n) is 7.63. The van der Waals surface area contributed by atoms with Gasteiger partial charge in [-0.25, -0.2) is 0 Å². The number of hydrogen-bond donors (Lipinski definition) is 2. The van der Waals surface area contributed by atoms with Crippen LogP contribution in [0.3, 0.4) is 0 Å². The lowest BCUT2D eigenvalue weighted by atomic mass is 9.97. The molecule has 0 radical (unpaired) electrons. The quantitative estimate of drug-likeness (QED) is 0.318. The monoisotopic (exact) mass is 411 g/mol. The van der Waals surface area contributed by atoms with Crippen molar-refractivity contribution in [3.63, 3.8) is 0 Å². The maximum Gasteiger partial charge on any atom is 0.248 e. The van der Waals surface area contributed by atoms with Crippen molar-refractivity contribution >= 4 is 45.5 Å². The fraction of sp³-hybridized carbons (Fsp3) is 1.00. The van der Waals surface area contributed by atoms with Gasteiger partial charge in [0.25, 0.3) is 0 Å². The molecule has 3 N–H and O–H groups in total. The number of rotatable bonds is 3. The molecule has 0 aliphatic carbocycles. The molecule has 1 aliphatic rings. The first kappa shape index (κ1) is 12.4. The number of nitrogens with two attached hydrogens (primary N) is 1. The summed E-state index contributed by atoms with van der Waals surface area (Å²) in [5.74, 6) is 0.300. The lowest BCUT2D eigenvalue weighted by molar-refractivity contribution is -0.762. The van der Waals surface area contributed by atoms with Crippen molar-refractivity contribution in [1.82, 2.24) is 0 Å². The molecular formula is C8H17I2N2O+. The van der Waals surface area contributed by atoms with Crippen molar-refractivity contribution < 1.29 is 7.80 Å². The van der Waals surface area contributed by atoms with Crippen LogP contribution in [-0.2, 0) is 0 Å². The molecule has 0 bridgehead atoms. The molecule has 1 saturated heterocycles. The highest BCUT2D eigenvalue weighted by molar-refractivity contribution is 14.1. The average molecular weight is 411 g/mol. The second kappa shape index (κ2) is 5.43. The van der Waals surface area contributed by atoms with E-state index in [-0.39, 0.29) is 0 Å². The van der Waals surface area contributed by atoms with E-state index < -0.39 is 6.23 Å². The van der Waals surface area contributed by atoms with Crippen LogP contribution in [0, 0.1) is 5.92 Å². The second-order valence-corrected chi connectivity index (χ2v) is 6.87. The molecule has 13 heavy (non-hydrogen) atoms. The summed E-state index contributed by atoms with van der Waals surface area (Å²) in [4.78, 5) is 0. The Morgan fingerprint density at radius 3 is 2.85 bits per heavy atom. The maximum absolute atomic E-state index is 9.34. The van der Waals surface area contributed by atoms with Gasteiger partial charge in [-0.3, -0.25) is 2.70 Å². The summed E-state index contributed by atoms with van der Waals surface area (Å²) in [6, 6.07) is 0. The maximum atomic E-state index is 9.34. The molecule has 0 aromatic heterocycles. The van der Waals surface area contributed by atoms with Gasteiger partial charge in [-0.15, -0.1) is 0 Å². The van der Waals surface area contributed by atoms with E-state index in [0.717, 1.165) is 15.7 Å². The number of halogens is 2. The van der Waals surface area contributed by atoms with E-state index in [0.29, 0.717) is 5.92 Å². The average Bonchev–Trinajstić information content (AvgIpc) is 2.04. The Morgan fingerprint density at radius 2 is 2.31 bits per heavy atom. The number of quaternary nitrogens is 1. The first-order chi connectivity index (χ1) is 6.07.